The number of hydrogen-bond donors (Lipinski definition) is 0. The molecule has 0 bridgehead atoms. The molecule has 1 aromatic heterocycles. The molecular weight excluding hydrogens is 320 g/mol. The molecule has 1 fully saturated rings. The summed E-state index contributed by atoms with van der Waals surface area (Å²) in [5.74, 6) is 1.50. The van der Waals surface area contributed by atoms with Gasteiger partial charge in [0.25, 0.3) is 5.91 Å². The number of carbonyl (C=O) groups is 1. The summed E-state index contributed by atoms with van der Waals surface area (Å²) in [6.45, 7) is 9.52. The third-order valence-electron chi connectivity index (χ3n) is 4.38. The van der Waals surface area contributed by atoms with Crippen LogP contribution < -0.4 is 4.74 Å². The van der Waals surface area contributed by atoms with Gasteiger partial charge >= 0.3 is 0 Å². The summed E-state index contributed by atoms with van der Waals surface area (Å²) < 4.78 is 10.7. The van der Waals surface area contributed by atoms with Crippen molar-refractivity contribution >= 4 is 5.91 Å². The summed E-state index contributed by atoms with van der Waals surface area (Å²) >= 11 is 0. The molecule has 25 heavy (non-hydrogen) atoms. The fraction of sp³-hybridized carbons (Fsp3) is 0.500. The number of para-hydroxylation sites is 1. The van der Waals surface area contributed by atoms with Gasteiger partial charge in [0.1, 0.15) is 5.75 Å². The van der Waals surface area contributed by atoms with Gasteiger partial charge in [-0.3, -0.25) is 9.69 Å². The van der Waals surface area contributed by atoms with Crippen molar-refractivity contribution in [2.45, 2.75) is 33.4 Å². The Morgan fingerprint density at radius 1 is 1.24 bits per heavy atom. The molecule has 0 aliphatic carbocycles. The number of hydrogen-bond acceptors (Lipinski definition) is 6. The molecule has 3 rings (SSSR count). The van der Waals surface area contributed by atoms with Crippen LogP contribution in [0.1, 0.15) is 35.9 Å². The molecule has 0 radical (unpaired) electrons. The topological polar surface area (TPSA) is 71.7 Å². The Hall–Kier alpha value is -2.41. The van der Waals surface area contributed by atoms with E-state index in [1.54, 1.807) is 19.1 Å². The van der Waals surface area contributed by atoms with Crippen LogP contribution in [0.5, 0.6) is 5.75 Å². The van der Waals surface area contributed by atoms with E-state index in [2.05, 4.69) is 28.9 Å². The number of carbonyl (C=O) groups excluding carboxylic acids is 1. The lowest BCUT2D eigenvalue weighted by Gasteiger charge is -2.37. The number of aromatic nitrogens is 2. The fourth-order valence-corrected chi connectivity index (χ4v) is 2.92. The van der Waals surface area contributed by atoms with Crippen LogP contribution in [0, 0.1) is 6.92 Å². The molecule has 0 N–H and O–H groups in total. The van der Waals surface area contributed by atoms with Gasteiger partial charge in [-0.1, -0.05) is 17.3 Å². The highest BCUT2D eigenvalue weighted by molar-refractivity contribution is 5.97. The van der Waals surface area contributed by atoms with Gasteiger partial charge in [0.2, 0.25) is 11.7 Å². The van der Waals surface area contributed by atoms with Crippen LogP contribution in [0.2, 0.25) is 0 Å². The van der Waals surface area contributed by atoms with E-state index in [9.17, 15) is 4.79 Å². The van der Waals surface area contributed by atoms with Crippen molar-refractivity contribution in [3.8, 4) is 5.75 Å². The fourth-order valence-electron chi connectivity index (χ4n) is 2.92. The minimum absolute atomic E-state index is 0.00305. The summed E-state index contributed by atoms with van der Waals surface area (Å²) in [6, 6.07) is 7.80. The number of aryl methyl sites for hydroxylation is 1. The van der Waals surface area contributed by atoms with Crippen LogP contribution in [0.4, 0.5) is 0 Å². The lowest BCUT2D eigenvalue weighted by Crippen LogP contribution is -2.50. The summed E-state index contributed by atoms with van der Waals surface area (Å²) in [6.07, 6.45) is 0. The molecule has 0 unspecified atom stereocenters. The predicted octanol–water partition coefficient (Wildman–Crippen LogP) is 2.12. The second kappa shape index (κ2) is 7.65. The highest BCUT2D eigenvalue weighted by Gasteiger charge is 2.25. The van der Waals surface area contributed by atoms with E-state index in [-0.39, 0.29) is 12.5 Å². The molecule has 7 nitrogen and oxygen atoms in total. The summed E-state index contributed by atoms with van der Waals surface area (Å²) in [5.41, 5.74) is 0.570. The first-order valence-electron chi connectivity index (χ1n) is 8.59. The zero-order valence-electron chi connectivity index (χ0n) is 14.9. The van der Waals surface area contributed by atoms with E-state index in [1.807, 2.05) is 17.0 Å². The van der Waals surface area contributed by atoms with Crippen LogP contribution in [0.15, 0.2) is 28.8 Å². The van der Waals surface area contributed by atoms with Crippen LogP contribution in [0.3, 0.4) is 0 Å². The Bertz CT molecular complexity index is 721. The first kappa shape index (κ1) is 17.4. The monoisotopic (exact) mass is 344 g/mol. The predicted molar refractivity (Wildman–Crippen MR) is 92.4 cm³/mol. The quantitative estimate of drug-likeness (QED) is 0.827. The Morgan fingerprint density at radius 3 is 2.60 bits per heavy atom. The van der Waals surface area contributed by atoms with Crippen LogP contribution in [0.25, 0.3) is 0 Å². The van der Waals surface area contributed by atoms with Crippen molar-refractivity contribution in [3.05, 3.63) is 41.5 Å². The zero-order chi connectivity index (χ0) is 17.8. The SMILES string of the molecule is Cc1nc(COc2ccccc2C(=O)N2CCN(C(C)C)CC2)no1. The maximum absolute atomic E-state index is 12.9. The largest absolute Gasteiger partial charge is 0.485 e. The molecule has 1 saturated heterocycles. The van der Waals surface area contributed by atoms with Crippen molar-refractivity contribution in [2.24, 2.45) is 0 Å². The average molecular weight is 344 g/mol. The summed E-state index contributed by atoms with van der Waals surface area (Å²) in [4.78, 5) is 21.3. The van der Waals surface area contributed by atoms with E-state index < -0.39 is 0 Å². The molecule has 1 aliphatic heterocycles. The summed E-state index contributed by atoms with van der Waals surface area (Å²) in [5, 5.41) is 3.81. The van der Waals surface area contributed by atoms with Crippen molar-refractivity contribution in [1.82, 2.24) is 19.9 Å². The minimum Gasteiger partial charge on any atom is -0.485 e. The molecule has 0 atom stereocenters. The maximum atomic E-state index is 12.9. The second-order valence-corrected chi connectivity index (χ2v) is 6.44. The number of rotatable bonds is 5. The minimum atomic E-state index is 0.00305. The zero-order valence-corrected chi connectivity index (χ0v) is 14.9. The van der Waals surface area contributed by atoms with Gasteiger partial charge in [-0.2, -0.15) is 4.98 Å². The Labute approximate surface area is 147 Å². The third-order valence-corrected chi connectivity index (χ3v) is 4.38. The standard InChI is InChI=1S/C18H24N4O3/c1-13(2)21-8-10-22(11-9-21)18(23)15-6-4-5-7-16(15)24-12-17-19-14(3)25-20-17/h4-7,13H,8-12H2,1-3H3. The van der Waals surface area contributed by atoms with Crippen molar-refractivity contribution < 1.29 is 14.1 Å². The van der Waals surface area contributed by atoms with Crippen molar-refractivity contribution in [3.63, 3.8) is 0 Å². The molecule has 0 spiro atoms. The van der Waals surface area contributed by atoms with Crippen LogP contribution >= 0.6 is 0 Å². The maximum Gasteiger partial charge on any atom is 0.257 e. The average Bonchev–Trinajstić information content (AvgIpc) is 3.05. The van der Waals surface area contributed by atoms with E-state index in [4.69, 9.17) is 9.26 Å². The van der Waals surface area contributed by atoms with Gasteiger partial charge in [0.05, 0.1) is 5.56 Å². The molecule has 7 heteroatoms. The second-order valence-electron chi connectivity index (χ2n) is 6.44. The number of piperazine rings is 1. The third kappa shape index (κ3) is 4.17. The first-order valence-corrected chi connectivity index (χ1v) is 8.59. The Kier molecular flexibility index (Phi) is 5.33. The van der Waals surface area contributed by atoms with Gasteiger partial charge in [0, 0.05) is 39.1 Å². The molecule has 0 saturated carbocycles. The van der Waals surface area contributed by atoms with E-state index in [0.717, 1.165) is 26.2 Å². The smallest absolute Gasteiger partial charge is 0.257 e. The van der Waals surface area contributed by atoms with E-state index in [0.29, 0.717) is 29.1 Å². The molecule has 2 heterocycles. The van der Waals surface area contributed by atoms with Gasteiger partial charge < -0.3 is 14.2 Å². The van der Waals surface area contributed by atoms with Gasteiger partial charge in [-0.05, 0) is 26.0 Å². The number of amides is 1. The number of nitrogens with zero attached hydrogens (tertiary/aromatic N) is 4. The Balaban J connectivity index is 1.66. The molecule has 1 amide bonds. The molecule has 1 aromatic carbocycles. The first-order chi connectivity index (χ1) is 12.0. The molecule has 134 valence electrons. The molecule has 1 aliphatic rings. The Morgan fingerprint density at radius 2 is 1.96 bits per heavy atom. The highest BCUT2D eigenvalue weighted by atomic mass is 16.5. The summed E-state index contributed by atoms with van der Waals surface area (Å²) in [7, 11) is 0. The van der Waals surface area contributed by atoms with Crippen molar-refractivity contribution in [2.75, 3.05) is 26.2 Å². The van der Waals surface area contributed by atoms with Crippen LogP contribution in [-0.4, -0.2) is 58.1 Å². The molecular formula is C18H24N4O3. The van der Waals surface area contributed by atoms with E-state index in [1.165, 1.54) is 0 Å². The highest BCUT2D eigenvalue weighted by Crippen LogP contribution is 2.22. The van der Waals surface area contributed by atoms with Gasteiger partial charge in [-0.25, -0.2) is 0 Å². The normalized spacial score (nSPS) is 15.6. The van der Waals surface area contributed by atoms with Gasteiger partial charge in [0.15, 0.2) is 6.61 Å². The van der Waals surface area contributed by atoms with Crippen LogP contribution in [-0.2, 0) is 6.61 Å². The number of benzene rings is 1. The lowest BCUT2D eigenvalue weighted by atomic mass is 10.1. The lowest BCUT2D eigenvalue weighted by molar-refractivity contribution is 0.0591. The number of ether oxygens (including phenoxy) is 1. The van der Waals surface area contributed by atoms with Crippen molar-refractivity contribution in [1.29, 1.82) is 0 Å². The molecule has 2 aromatic rings. The van der Waals surface area contributed by atoms with Gasteiger partial charge in [-0.15, -0.1) is 0 Å². The van der Waals surface area contributed by atoms with E-state index >= 15 is 0 Å².